The van der Waals surface area contributed by atoms with E-state index in [1.54, 1.807) is 36.6 Å². The fourth-order valence-corrected chi connectivity index (χ4v) is 2.46. The molecule has 0 fully saturated rings. The third kappa shape index (κ3) is 5.09. The summed E-state index contributed by atoms with van der Waals surface area (Å²) >= 11 is 0. The van der Waals surface area contributed by atoms with E-state index in [4.69, 9.17) is 9.15 Å². The summed E-state index contributed by atoms with van der Waals surface area (Å²) in [5.74, 6) is 2.27. The van der Waals surface area contributed by atoms with Crippen LogP contribution in [-0.4, -0.2) is 52.8 Å². The van der Waals surface area contributed by atoms with Gasteiger partial charge in [0.2, 0.25) is 5.82 Å². The molecule has 2 N–H and O–H groups in total. The maximum absolute atomic E-state index is 13.6. The average Bonchev–Trinajstić information content (AvgIpc) is 3.38. The number of nitrogens with zero attached hydrogens (tertiary/aromatic N) is 4. The number of aromatic amines is 1. The molecular weight excluding hydrogens is 363 g/mol. The van der Waals surface area contributed by atoms with Crippen LogP contribution in [0.3, 0.4) is 0 Å². The summed E-state index contributed by atoms with van der Waals surface area (Å²) in [6.07, 6.45) is 1.57. The third-order valence-corrected chi connectivity index (χ3v) is 3.87. The molecule has 0 spiro atoms. The number of likely N-dealkylation sites (N-methyl/N-ethyl adjacent to an activating group) is 1. The molecule has 0 atom stereocenters. The van der Waals surface area contributed by atoms with Gasteiger partial charge in [-0.05, 0) is 31.2 Å². The minimum atomic E-state index is -0.372. The van der Waals surface area contributed by atoms with E-state index in [0.717, 1.165) is 0 Å². The average molecular weight is 386 g/mol. The highest BCUT2D eigenvalue weighted by Crippen LogP contribution is 2.15. The first kappa shape index (κ1) is 19.4. The number of nitrogens with one attached hydrogen (secondary N) is 2. The Balaban J connectivity index is 1.56. The van der Waals surface area contributed by atoms with E-state index < -0.39 is 0 Å². The number of rotatable bonds is 8. The highest BCUT2D eigenvalue weighted by atomic mass is 19.1. The number of hydrogen-bond acceptors (Lipinski definition) is 5. The monoisotopic (exact) mass is 386 g/mol. The van der Waals surface area contributed by atoms with Gasteiger partial charge < -0.3 is 19.4 Å². The molecule has 0 unspecified atom stereocenters. The molecule has 0 aliphatic heterocycles. The van der Waals surface area contributed by atoms with E-state index in [9.17, 15) is 4.39 Å². The van der Waals surface area contributed by atoms with Crippen molar-refractivity contribution >= 4 is 5.96 Å². The zero-order valence-corrected chi connectivity index (χ0v) is 15.9. The Bertz CT molecular complexity index is 893. The van der Waals surface area contributed by atoms with Crippen molar-refractivity contribution in [3.05, 3.63) is 54.3 Å². The highest BCUT2D eigenvalue weighted by Gasteiger charge is 2.10. The minimum absolute atomic E-state index is 0.241. The SMILES string of the molecule is CCNC(=NCc1nc(-c2ccco2)n[nH]1)N(C)CCOc1ccccc1F. The lowest BCUT2D eigenvalue weighted by Gasteiger charge is -2.22. The van der Waals surface area contributed by atoms with Crippen LogP contribution in [0.1, 0.15) is 12.7 Å². The fraction of sp³-hybridized carbons (Fsp3) is 0.316. The third-order valence-electron chi connectivity index (χ3n) is 3.87. The predicted octanol–water partition coefficient (Wildman–Crippen LogP) is 2.68. The summed E-state index contributed by atoms with van der Waals surface area (Å²) < 4.78 is 24.4. The number of halogens is 1. The lowest BCUT2D eigenvalue weighted by atomic mass is 10.3. The van der Waals surface area contributed by atoms with Gasteiger partial charge in [-0.1, -0.05) is 12.1 Å². The van der Waals surface area contributed by atoms with Crippen LogP contribution < -0.4 is 10.1 Å². The molecule has 2 aromatic heterocycles. The largest absolute Gasteiger partial charge is 0.489 e. The van der Waals surface area contributed by atoms with Crippen molar-refractivity contribution in [1.82, 2.24) is 25.4 Å². The summed E-state index contributed by atoms with van der Waals surface area (Å²) in [6.45, 7) is 3.89. The van der Waals surface area contributed by atoms with Gasteiger partial charge in [-0.15, -0.1) is 5.10 Å². The summed E-state index contributed by atoms with van der Waals surface area (Å²) in [4.78, 5) is 10.8. The number of ether oxygens (including phenoxy) is 1. The molecule has 0 aliphatic carbocycles. The van der Waals surface area contributed by atoms with Crippen LogP contribution in [0.4, 0.5) is 4.39 Å². The molecule has 0 amide bonds. The molecule has 1 aromatic carbocycles. The van der Waals surface area contributed by atoms with Crippen LogP contribution >= 0.6 is 0 Å². The van der Waals surface area contributed by atoms with Crippen molar-refractivity contribution in [3.63, 3.8) is 0 Å². The molecule has 0 saturated carbocycles. The highest BCUT2D eigenvalue weighted by molar-refractivity contribution is 5.79. The van der Waals surface area contributed by atoms with E-state index in [1.807, 2.05) is 18.9 Å². The topological polar surface area (TPSA) is 91.6 Å². The first-order valence-electron chi connectivity index (χ1n) is 8.99. The zero-order chi connectivity index (χ0) is 19.8. The van der Waals surface area contributed by atoms with Crippen LogP contribution in [0.2, 0.25) is 0 Å². The molecule has 0 radical (unpaired) electrons. The Hall–Kier alpha value is -3.36. The van der Waals surface area contributed by atoms with Crippen molar-refractivity contribution in [2.75, 3.05) is 26.7 Å². The van der Waals surface area contributed by atoms with Gasteiger partial charge in [0, 0.05) is 13.6 Å². The van der Waals surface area contributed by atoms with Gasteiger partial charge in [0.25, 0.3) is 0 Å². The van der Waals surface area contributed by atoms with Gasteiger partial charge in [-0.3, -0.25) is 5.10 Å². The Morgan fingerprint density at radius 3 is 2.93 bits per heavy atom. The van der Waals surface area contributed by atoms with Crippen LogP contribution in [0, 0.1) is 5.82 Å². The molecule has 8 nitrogen and oxygen atoms in total. The summed E-state index contributed by atoms with van der Waals surface area (Å²) in [5.41, 5.74) is 0. The Morgan fingerprint density at radius 1 is 1.32 bits per heavy atom. The molecule has 0 aliphatic rings. The summed E-state index contributed by atoms with van der Waals surface area (Å²) in [7, 11) is 1.89. The van der Waals surface area contributed by atoms with E-state index in [1.165, 1.54) is 6.07 Å². The normalized spacial score (nSPS) is 11.5. The maximum Gasteiger partial charge on any atom is 0.216 e. The van der Waals surface area contributed by atoms with Crippen molar-refractivity contribution in [3.8, 4) is 17.3 Å². The summed E-state index contributed by atoms with van der Waals surface area (Å²) in [6, 6.07) is 9.93. The Kier molecular flexibility index (Phi) is 6.61. The molecule has 3 aromatic rings. The second kappa shape index (κ2) is 9.54. The number of aromatic nitrogens is 3. The number of H-pyrrole nitrogens is 1. The molecule has 9 heteroatoms. The zero-order valence-electron chi connectivity index (χ0n) is 15.9. The number of benzene rings is 1. The first-order chi connectivity index (χ1) is 13.7. The minimum Gasteiger partial charge on any atom is -0.489 e. The first-order valence-corrected chi connectivity index (χ1v) is 8.99. The van der Waals surface area contributed by atoms with E-state index in [2.05, 4.69) is 25.5 Å². The smallest absolute Gasteiger partial charge is 0.216 e. The quantitative estimate of drug-likeness (QED) is 0.457. The van der Waals surface area contributed by atoms with Crippen LogP contribution in [-0.2, 0) is 6.54 Å². The standard InChI is InChI=1S/C19H23FN6O2/c1-3-21-19(26(2)10-12-28-15-8-5-4-7-14(15)20)22-13-17-23-18(25-24-17)16-9-6-11-27-16/h4-9,11H,3,10,12-13H2,1-2H3,(H,21,22)(H,23,24,25). The van der Waals surface area contributed by atoms with Crippen molar-refractivity contribution in [2.24, 2.45) is 4.99 Å². The van der Waals surface area contributed by atoms with Crippen LogP contribution in [0.25, 0.3) is 11.6 Å². The molecule has 2 heterocycles. The predicted molar refractivity (Wildman–Crippen MR) is 103 cm³/mol. The van der Waals surface area contributed by atoms with Crippen molar-refractivity contribution in [1.29, 1.82) is 0 Å². The molecule has 3 rings (SSSR count). The van der Waals surface area contributed by atoms with Crippen molar-refractivity contribution < 1.29 is 13.5 Å². The lowest BCUT2D eigenvalue weighted by molar-refractivity contribution is 0.270. The van der Waals surface area contributed by atoms with Gasteiger partial charge in [0.15, 0.2) is 23.3 Å². The van der Waals surface area contributed by atoms with E-state index in [-0.39, 0.29) is 11.6 Å². The summed E-state index contributed by atoms with van der Waals surface area (Å²) in [5, 5.41) is 10.2. The van der Waals surface area contributed by atoms with Gasteiger partial charge >= 0.3 is 0 Å². The number of hydrogen-bond donors (Lipinski definition) is 2. The number of para-hydroxylation sites is 1. The van der Waals surface area contributed by atoms with Crippen molar-refractivity contribution in [2.45, 2.75) is 13.5 Å². The van der Waals surface area contributed by atoms with Gasteiger partial charge in [0.05, 0.1) is 12.8 Å². The Labute approximate surface area is 162 Å². The number of furan rings is 1. The van der Waals surface area contributed by atoms with Gasteiger partial charge in [-0.2, -0.15) is 0 Å². The van der Waals surface area contributed by atoms with E-state index in [0.29, 0.717) is 49.6 Å². The molecule has 0 saturated heterocycles. The number of guanidine groups is 1. The van der Waals surface area contributed by atoms with Gasteiger partial charge in [0.1, 0.15) is 19.0 Å². The second-order valence-electron chi connectivity index (χ2n) is 5.95. The van der Waals surface area contributed by atoms with Crippen LogP contribution in [0.5, 0.6) is 5.75 Å². The second-order valence-corrected chi connectivity index (χ2v) is 5.95. The number of aliphatic imine (C=N–C) groups is 1. The Morgan fingerprint density at radius 2 is 2.18 bits per heavy atom. The maximum atomic E-state index is 13.6. The molecular formula is C19H23FN6O2. The molecule has 0 bridgehead atoms. The van der Waals surface area contributed by atoms with Gasteiger partial charge in [-0.25, -0.2) is 14.4 Å². The molecule has 148 valence electrons. The fourth-order valence-electron chi connectivity index (χ4n) is 2.46. The molecule has 28 heavy (non-hydrogen) atoms. The van der Waals surface area contributed by atoms with E-state index >= 15 is 0 Å². The lowest BCUT2D eigenvalue weighted by Crippen LogP contribution is -2.40. The van der Waals surface area contributed by atoms with Crippen LogP contribution in [0.15, 0.2) is 52.1 Å².